The number of likely N-dealkylation sites (tertiary alicyclic amines) is 1. The zero-order valence-electron chi connectivity index (χ0n) is 12.5. The molecular formula is C16H25N3O. The van der Waals surface area contributed by atoms with Gasteiger partial charge in [0.2, 0.25) is 5.91 Å². The molecule has 1 aromatic carbocycles. The Bertz CT molecular complexity index is 451. The van der Waals surface area contributed by atoms with Crippen molar-refractivity contribution in [3.05, 3.63) is 29.8 Å². The van der Waals surface area contributed by atoms with Crippen LogP contribution in [0.4, 0.5) is 5.69 Å². The van der Waals surface area contributed by atoms with Crippen molar-refractivity contribution >= 4 is 11.6 Å². The number of rotatable bonds is 4. The van der Waals surface area contributed by atoms with E-state index in [4.69, 9.17) is 5.73 Å². The van der Waals surface area contributed by atoms with E-state index >= 15 is 0 Å². The van der Waals surface area contributed by atoms with E-state index in [-0.39, 0.29) is 5.91 Å². The first kappa shape index (κ1) is 14.9. The number of amides is 1. The molecule has 4 heteroatoms. The summed E-state index contributed by atoms with van der Waals surface area (Å²) >= 11 is 0. The average Bonchev–Trinajstić information content (AvgIpc) is 2.41. The highest BCUT2D eigenvalue weighted by molar-refractivity contribution is 5.80. The Kier molecular flexibility index (Phi) is 5.01. The second kappa shape index (κ2) is 6.75. The number of nitrogens with zero attached hydrogens (tertiary/aromatic N) is 2. The summed E-state index contributed by atoms with van der Waals surface area (Å²) < 4.78 is 0. The summed E-state index contributed by atoms with van der Waals surface area (Å²) in [5.74, 6) is 0.919. The Balaban J connectivity index is 1.85. The number of carbonyl (C=O) groups excluding carboxylic acids is 1. The van der Waals surface area contributed by atoms with Gasteiger partial charge in [0.05, 0.1) is 6.42 Å². The number of carbonyl (C=O) groups is 1. The van der Waals surface area contributed by atoms with Crippen molar-refractivity contribution in [1.82, 2.24) is 9.80 Å². The van der Waals surface area contributed by atoms with Gasteiger partial charge in [0.15, 0.2) is 0 Å². The van der Waals surface area contributed by atoms with E-state index in [0.29, 0.717) is 12.1 Å². The van der Waals surface area contributed by atoms with E-state index in [9.17, 15) is 4.79 Å². The highest BCUT2D eigenvalue weighted by Gasteiger charge is 2.23. The first-order chi connectivity index (χ1) is 9.56. The SMILES string of the molecule is CN(C)CC1CCN(C(=O)Cc2ccccc2N)CC1. The van der Waals surface area contributed by atoms with Crippen LogP contribution < -0.4 is 5.73 Å². The van der Waals surface area contributed by atoms with Crippen molar-refractivity contribution in [2.45, 2.75) is 19.3 Å². The Morgan fingerprint density at radius 3 is 2.55 bits per heavy atom. The van der Waals surface area contributed by atoms with Gasteiger partial charge in [-0.1, -0.05) is 18.2 Å². The Morgan fingerprint density at radius 1 is 1.30 bits per heavy atom. The van der Waals surface area contributed by atoms with Crippen molar-refractivity contribution in [1.29, 1.82) is 0 Å². The first-order valence-corrected chi connectivity index (χ1v) is 7.32. The van der Waals surface area contributed by atoms with Gasteiger partial charge < -0.3 is 15.5 Å². The van der Waals surface area contributed by atoms with Crippen LogP contribution in [0.25, 0.3) is 0 Å². The molecule has 1 saturated heterocycles. The molecule has 0 bridgehead atoms. The first-order valence-electron chi connectivity index (χ1n) is 7.32. The molecule has 0 aliphatic carbocycles. The van der Waals surface area contributed by atoms with Crippen LogP contribution in [0.3, 0.4) is 0 Å². The molecule has 1 aromatic rings. The van der Waals surface area contributed by atoms with Crippen LogP contribution in [-0.2, 0) is 11.2 Å². The fourth-order valence-corrected chi connectivity index (χ4v) is 2.85. The quantitative estimate of drug-likeness (QED) is 0.849. The Morgan fingerprint density at radius 2 is 1.95 bits per heavy atom. The molecule has 110 valence electrons. The lowest BCUT2D eigenvalue weighted by molar-refractivity contribution is -0.131. The van der Waals surface area contributed by atoms with Crippen LogP contribution in [-0.4, -0.2) is 49.4 Å². The Hall–Kier alpha value is -1.55. The summed E-state index contributed by atoms with van der Waals surface area (Å²) in [5, 5.41) is 0. The molecule has 0 saturated carbocycles. The molecule has 0 unspecified atom stereocenters. The predicted molar refractivity (Wildman–Crippen MR) is 82.4 cm³/mol. The molecule has 1 aliphatic heterocycles. The maximum Gasteiger partial charge on any atom is 0.227 e. The monoisotopic (exact) mass is 275 g/mol. The molecule has 20 heavy (non-hydrogen) atoms. The second-order valence-electron chi connectivity index (χ2n) is 5.96. The highest BCUT2D eigenvalue weighted by Crippen LogP contribution is 2.19. The van der Waals surface area contributed by atoms with Gasteiger partial charge in [0.1, 0.15) is 0 Å². The van der Waals surface area contributed by atoms with E-state index in [1.54, 1.807) is 0 Å². The molecule has 1 amide bonds. The maximum atomic E-state index is 12.3. The maximum absolute atomic E-state index is 12.3. The zero-order valence-corrected chi connectivity index (χ0v) is 12.5. The minimum atomic E-state index is 0.200. The Labute approximate surface area is 121 Å². The summed E-state index contributed by atoms with van der Waals surface area (Å²) in [7, 11) is 4.21. The number of benzene rings is 1. The molecule has 2 rings (SSSR count). The summed E-state index contributed by atoms with van der Waals surface area (Å²) in [6, 6.07) is 7.62. The molecule has 0 aromatic heterocycles. The van der Waals surface area contributed by atoms with Crippen LogP contribution in [0.1, 0.15) is 18.4 Å². The molecule has 1 fully saturated rings. The van der Waals surface area contributed by atoms with Gasteiger partial charge >= 0.3 is 0 Å². The average molecular weight is 275 g/mol. The molecule has 1 heterocycles. The minimum Gasteiger partial charge on any atom is -0.398 e. The van der Waals surface area contributed by atoms with Gasteiger partial charge in [-0.3, -0.25) is 4.79 Å². The molecule has 0 spiro atoms. The van der Waals surface area contributed by atoms with E-state index in [2.05, 4.69) is 19.0 Å². The largest absolute Gasteiger partial charge is 0.398 e. The van der Waals surface area contributed by atoms with Crippen LogP contribution in [0.5, 0.6) is 0 Å². The van der Waals surface area contributed by atoms with Crippen LogP contribution in [0.2, 0.25) is 0 Å². The van der Waals surface area contributed by atoms with Crippen molar-refractivity contribution in [2.75, 3.05) is 39.5 Å². The smallest absolute Gasteiger partial charge is 0.227 e. The van der Waals surface area contributed by atoms with Gasteiger partial charge in [0.25, 0.3) is 0 Å². The lowest BCUT2D eigenvalue weighted by Gasteiger charge is -2.33. The summed E-state index contributed by atoms with van der Waals surface area (Å²) in [6.07, 6.45) is 2.63. The number of anilines is 1. The molecule has 2 N–H and O–H groups in total. The van der Waals surface area contributed by atoms with Gasteiger partial charge in [-0.25, -0.2) is 0 Å². The fourth-order valence-electron chi connectivity index (χ4n) is 2.85. The lowest BCUT2D eigenvalue weighted by Crippen LogP contribution is -2.41. The van der Waals surface area contributed by atoms with E-state index in [0.717, 1.165) is 44.0 Å². The minimum absolute atomic E-state index is 0.200. The molecule has 0 radical (unpaired) electrons. The number of nitrogen functional groups attached to an aromatic ring is 1. The van der Waals surface area contributed by atoms with Gasteiger partial charge in [0, 0.05) is 25.3 Å². The van der Waals surface area contributed by atoms with Crippen LogP contribution in [0.15, 0.2) is 24.3 Å². The van der Waals surface area contributed by atoms with Crippen molar-refractivity contribution in [2.24, 2.45) is 5.92 Å². The van der Waals surface area contributed by atoms with E-state index in [1.165, 1.54) is 0 Å². The van der Waals surface area contributed by atoms with Crippen molar-refractivity contribution in [3.63, 3.8) is 0 Å². The molecular weight excluding hydrogens is 250 g/mol. The summed E-state index contributed by atoms with van der Waals surface area (Å²) in [4.78, 5) is 16.5. The molecule has 1 aliphatic rings. The normalized spacial score (nSPS) is 16.6. The topological polar surface area (TPSA) is 49.6 Å². The van der Waals surface area contributed by atoms with E-state index in [1.807, 2.05) is 29.2 Å². The number of hydrogen-bond donors (Lipinski definition) is 1. The standard InChI is InChI=1S/C16H25N3O/c1-18(2)12-13-7-9-19(10-8-13)16(20)11-14-5-3-4-6-15(14)17/h3-6,13H,7-12,17H2,1-2H3. The highest BCUT2D eigenvalue weighted by atomic mass is 16.2. The van der Waals surface area contributed by atoms with Crippen LogP contribution >= 0.6 is 0 Å². The number of hydrogen-bond acceptors (Lipinski definition) is 3. The van der Waals surface area contributed by atoms with Gasteiger partial charge in [-0.15, -0.1) is 0 Å². The summed E-state index contributed by atoms with van der Waals surface area (Å²) in [5.41, 5.74) is 7.55. The zero-order chi connectivity index (χ0) is 14.5. The van der Waals surface area contributed by atoms with Gasteiger partial charge in [-0.2, -0.15) is 0 Å². The summed E-state index contributed by atoms with van der Waals surface area (Å²) in [6.45, 7) is 2.88. The number of piperidine rings is 1. The van der Waals surface area contributed by atoms with Gasteiger partial charge in [-0.05, 0) is 44.5 Å². The number of para-hydroxylation sites is 1. The van der Waals surface area contributed by atoms with E-state index < -0.39 is 0 Å². The third kappa shape index (κ3) is 3.97. The molecule has 4 nitrogen and oxygen atoms in total. The fraction of sp³-hybridized carbons (Fsp3) is 0.562. The lowest BCUT2D eigenvalue weighted by atomic mass is 9.96. The second-order valence-corrected chi connectivity index (χ2v) is 5.96. The third-order valence-corrected chi connectivity index (χ3v) is 3.99. The van der Waals surface area contributed by atoms with Crippen molar-refractivity contribution in [3.8, 4) is 0 Å². The van der Waals surface area contributed by atoms with Crippen molar-refractivity contribution < 1.29 is 4.79 Å². The predicted octanol–water partition coefficient (Wildman–Crippen LogP) is 1.61. The third-order valence-electron chi connectivity index (χ3n) is 3.99. The van der Waals surface area contributed by atoms with Crippen LogP contribution in [0, 0.1) is 5.92 Å². The number of nitrogens with two attached hydrogens (primary N) is 1. The molecule has 0 atom stereocenters.